The van der Waals surface area contributed by atoms with E-state index < -0.39 is 11.5 Å². The van der Waals surface area contributed by atoms with Crippen molar-refractivity contribution in [3.05, 3.63) is 76.1 Å². The summed E-state index contributed by atoms with van der Waals surface area (Å²) in [7, 11) is 1.80. The van der Waals surface area contributed by atoms with Crippen LogP contribution in [0.25, 0.3) is 0 Å². The van der Waals surface area contributed by atoms with E-state index in [1.165, 1.54) is 28.8 Å². The number of amides is 1. The molecule has 4 atom stereocenters. The van der Waals surface area contributed by atoms with Crippen molar-refractivity contribution in [3.8, 4) is 17.2 Å². The summed E-state index contributed by atoms with van der Waals surface area (Å²) >= 11 is 6.30. The zero-order valence-electron chi connectivity index (χ0n) is 30.9. The van der Waals surface area contributed by atoms with Gasteiger partial charge >= 0.3 is 5.97 Å². The van der Waals surface area contributed by atoms with E-state index in [1.54, 1.807) is 31.0 Å². The van der Waals surface area contributed by atoms with Crippen LogP contribution in [0.2, 0.25) is 5.02 Å². The normalized spacial score (nSPS) is 26.8. The smallest absolute Gasteiger partial charge is 0.329 e. The SMILES string of the molecule is CC(=O)N(C)C[C@H]1CCOc2cc3c(cc2O1)C1(CCC(Nc2cccc(Cl)c2)(C(=O)O)CC1)[C@@H](C[C@@H](C)COc1ccnc2c1[C@H](C)CCC2)C3. The maximum atomic E-state index is 13.0. The third-order valence-electron chi connectivity index (χ3n) is 12.4. The summed E-state index contributed by atoms with van der Waals surface area (Å²) in [5.41, 5.74) is 4.30. The minimum absolute atomic E-state index is 0.00309. The number of nitrogens with one attached hydrogen (secondary N) is 1. The molecular formula is C42H52ClN3O6. The van der Waals surface area contributed by atoms with E-state index >= 15 is 0 Å². The van der Waals surface area contributed by atoms with Crippen molar-refractivity contribution in [2.24, 2.45) is 11.8 Å². The van der Waals surface area contributed by atoms with Gasteiger partial charge in [0, 0.05) is 48.6 Å². The molecule has 1 spiro atoms. The highest BCUT2D eigenvalue weighted by molar-refractivity contribution is 6.30. The van der Waals surface area contributed by atoms with Crippen LogP contribution in [-0.4, -0.2) is 65.3 Å². The third kappa shape index (κ3) is 7.17. The van der Waals surface area contributed by atoms with Crippen LogP contribution in [0.15, 0.2) is 48.7 Å². The molecule has 1 fully saturated rings. The van der Waals surface area contributed by atoms with Gasteiger partial charge in [-0.2, -0.15) is 0 Å². The monoisotopic (exact) mass is 729 g/mol. The number of carboxylic acid groups (broad SMARTS) is 1. The van der Waals surface area contributed by atoms with Crippen molar-refractivity contribution < 1.29 is 28.9 Å². The van der Waals surface area contributed by atoms with Gasteiger partial charge in [-0.3, -0.25) is 9.78 Å². The van der Waals surface area contributed by atoms with Crippen LogP contribution in [0.3, 0.4) is 0 Å². The summed E-state index contributed by atoms with van der Waals surface area (Å²) in [4.78, 5) is 31.4. The molecular weight excluding hydrogens is 678 g/mol. The Hall–Kier alpha value is -3.98. The number of hydrogen-bond acceptors (Lipinski definition) is 7. The molecule has 1 amide bonds. The maximum absolute atomic E-state index is 13.0. The molecule has 0 radical (unpaired) electrons. The molecule has 4 aliphatic rings. The second kappa shape index (κ2) is 14.8. The predicted octanol–water partition coefficient (Wildman–Crippen LogP) is 8.21. The Labute approximate surface area is 312 Å². The van der Waals surface area contributed by atoms with Gasteiger partial charge < -0.3 is 29.5 Å². The fraction of sp³-hybridized carbons (Fsp3) is 0.548. The zero-order chi connectivity index (χ0) is 36.6. The Balaban J connectivity index is 1.16. The number of aromatic nitrogens is 1. The molecule has 9 nitrogen and oxygen atoms in total. The van der Waals surface area contributed by atoms with Gasteiger partial charge in [0.2, 0.25) is 5.91 Å². The summed E-state index contributed by atoms with van der Waals surface area (Å²) in [6.07, 6.45) is 9.89. The highest BCUT2D eigenvalue weighted by Crippen LogP contribution is 2.58. The van der Waals surface area contributed by atoms with Gasteiger partial charge in [0.1, 0.15) is 17.4 Å². The summed E-state index contributed by atoms with van der Waals surface area (Å²) in [5.74, 6) is 2.57. The second-order valence-electron chi connectivity index (χ2n) is 15.9. The van der Waals surface area contributed by atoms with Gasteiger partial charge in [-0.1, -0.05) is 31.5 Å². The van der Waals surface area contributed by atoms with Gasteiger partial charge in [0.15, 0.2) is 11.5 Å². The lowest BCUT2D eigenvalue weighted by molar-refractivity contribution is -0.144. The van der Waals surface area contributed by atoms with Crippen molar-refractivity contribution in [2.75, 3.05) is 32.1 Å². The Kier molecular flexibility index (Phi) is 10.4. The number of benzene rings is 2. The number of halogens is 1. The third-order valence-corrected chi connectivity index (χ3v) is 12.6. The van der Waals surface area contributed by atoms with E-state index in [1.807, 2.05) is 24.4 Å². The number of hydrogen-bond donors (Lipinski definition) is 2. The summed E-state index contributed by atoms with van der Waals surface area (Å²) in [5, 5.41) is 14.6. The molecule has 52 heavy (non-hydrogen) atoms. The van der Waals surface area contributed by atoms with Crippen molar-refractivity contribution in [2.45, 2.75) is 108 Å². The number of ether oxygens (including phenoxy) is 3. The number of carboxylic acids is 1. The topological polar surface area (TPSA) is 110 Å². The van der Waals surface area contributed by atoms with Crippen LogP contribution in [-0.2, 0) is 27.8 Å². The second-order valence-corrected chi connectivity index (χ2v) is 16.4. The number of carbonyl (C=O) groups is 2. The number of fused-ring (bicyclic) bond motifs is 4. The first-order valence-electron chi connectivity index (χ1n) is 19.0. The fourth-order valence-electron chi connectivity index (χ4n) is 9.42. The van der Waals surface area contributed by atoms with E-state index in [9.17, 15) is 14.7 Å². The molecule has 10 heteroatoms. The van der Waals surface area contributed by atoms with Crippen LogP contribution < -0.4 is 19.5 Å². The summed E-state index contributed by atoms with van der Waals surface area (Å²) in [6, 6.07) is 13.7. The standard InChI is InChI=1S/C42H52ClN3O6/c1-26(25-51-36-11-17-44-35-10-5-7-27(2)39(35)36)19-30-20-29-21-37-38(52-33(12-18-50-37)24-46(4)28(3)47)23-34(29)41(30)13-15-42(16-14-41,40(48)49)45-32-9-6-8-31(43)22-32/h6,8-9,11,17,21-23,26-27,30,33,45H,5,7,10,12-16,18-20,24-25H2,1-4H3,(H,48,49)/t26-,27-,30+,33-,41?,42?/m1/s1. The van der Waals surface area contributed by atoms with E-state index in [2.05, 4.69) is 36.3 Å². The molecule has 1 aromatic heterocycles. The van der Waals surface area contributed by atoms with E-state index in [-0.39, 0.29) is 29.3 Å². The molecule has 1 aliphatic heterocycles. The summed E-state index contributed by atoms with van der Waals surface area (Å²) in [6.45, 7) is 7.72. The van der Waals surface area contributed by atoms with Gasteiger partial charge in [-0.05, 0) is 128 Å². The van der Waals surface area contributed by atoms with E-state index in [0.29, 0.717) is 74.2 Å². The number of rotatable bonds is 10. The quantitative estimate of drug-likeness (QED) is 0.215. The average molecular weight is 730 g/mol. The number of aryl methyl sites for hydroxylation is 1. The predicted molar refractivity (Wildman–Crippen MR) is 202 cm³/mol. The first-order chi connectivity index (χ1) is 25.0. The van der Waals surface area contributed by atoms with Crippen LogP contribution in [0.4, 0.5) is 5.69 Å². The first-order valence-corrected chi connectivity index (χ1v) is 19.4. The van der Waals surface area contributed by atoms with Gasteiger partial charge in [0.25, 0.3) is 0 Å². The summed E-state index contributed by atoms with van der Waals surface area (Å²) < 4.78 is 19.5. The van der Waals surface area contributed by atoms with Gasteiger partial charge in [-0.15, -0.1) is 0 Å². The minimum atomic E-state index is -1.11. The van der Waals surface area contributed by atoms with E-state index in [0.717, 1.165) is 37.2 Å². The molecule has 3 aliphatic carbocycles. The van der Waals surface area contributed by atoms with E-state index in [4.69, 9.17) is 25.8 Å². The number of pyridine rings is 1. The molecule has 2 N–H and O–H groups in total. The highest BCUT2D eigenvalue weighted by atomic mass is 35.5. The molecule has 3 aromatic rings. The Morgan fingerprint density at radius 2 is 1.94 bits per heavy atom. The maximum Gasteiger partial charge on any atom is 0.329 e. The molecule has 2 aromatic carbocycles. The molecule has 1 saturated carbocycles. The largest absolute Gasteiger partial charge is 0.493 e. The van der Waals surface area contributed by atoms with Crippen LogP contribution in [0.1, 0.15) is 100 Å². The Morgan fingerprint density at radius 1 is 1.13 bits per heavy atom. The number of nitrogens with zero attached hydrogens (tertiary/aromatic N) is 2. The van der Waals surface area contributed by atoms with Crippen molar-refractivity contribution in [3.63, 3.8) is 0 Å². The average Bonchev–Trinajstić information content (AvgIpc) is 3.23. The minimum Gasteiger partial charge on any atom is -0.493 e. The molecule has 7 rings (SSSR count). The van der Waals surface area contributed by atoms with Gasteiger partial charge in [0.05, 0.1) is 19.8 Å². The Bertz CT molecular complexity index is 1810. The number of likely N-dealkylation sites (N-methyl/N-ethyl adjacent to an activating group) is 1. The molecule has 278 valence electrons. The first kappa shape index (κ1) is 36.4. The molecule has 0 bridgehead atoms. The van der Waals surface area contributed by atoms with Crippen molar-refractivity contribution >= 4 is 29.2 Å². The van der Waals surface area contributed by atoms with Crippen LogP contribution >= 0.6 is 11.6 Å². The lowest BCUT2D eigenvalue weighted by Crippen LogP contribution is -2.53. The molecule has 0 unspecified atom stereocenters. The lowest BCUT2D eigenvalue weighted by atomic mass is 9.59. The van der Waals surface area contributed by atoms with Crippen LogP contribution in [0.5, 0.6) is 17.2 Å². The zero-order valence-corrected chi connectivity index (χ0v) is 31.6. The molecule has 0 saturated heterocycles. The molecule has 2 heterocycles. The highest BCUT2D eigenvalue weighted by Gasteiger charge is 2.54. The number of aliphatic carboxylic acids is 1. The van der Waals surface area contributed by atoms with Crippen LogP contribution in [0, 0.1) is 11.8 Å². The van der Waals surface area contributed by atoms with Gasteiger partial charge in [-0.25, -0.2) is 4.79 Å². The lowest BCUT2D eigenvalue weighted by Gasteiger charge is -2.47. The number of carbonyl (C=O) groups excluding carboxylic acids is 1. The van der Waals surface area contributed by atoms with Crippen molar-refractivity contribution in [1.82, 2.24) is 9.88 Å². The Morgan fingerprint density at radius 3 is 2.69 bits per heavy atom. The number of anilines is 1. The van der Waals surface area contributed by atoms with Crippen molar-refractivity contribution in [1.29, 1.82) is 0 Å². The fourth-order valence-corrected chi connectivity index (χ4v) is 9.61.